The first-order valence-corrected chi connectivity index (χ1v) is 26.1. The molecule has 0 aliphatic carbocycles. The highest BCUT2D eigenvalue weighted by Crippen LogP contribution is 2.37. The van der Waals surface area contributed by atoms with Gasteiger partial charge in [0.25, 0.3) is 11.8 Å². The monoisotopic (exact) mass is 1010 g/mol. The van der Waals surface area contributed by atoms with Crippen LogP contribution in [0, 0.1) is 17.7 Å². The number of fused-ring (bicyclic) bond motifs is 1. The van der Waals surface area contributed by atoms with Crippen molar-refractivity contribution in [2.45, 2.75) is 103 Å². The number of hydrogen-bond acceptors (Lipinski definition) is 12. The Balaban J connectivity index is 0.721. The molecule has 1 aromatic heterocycles. The topological polar surface area (TPSA) is 201 Å². The molecule has 3 atom stereocenters. The summed E-state index contributed by atoms with van der Waals surface area (Å²) in [4.78, 5) is 69.1. The predicted molar refractivity (Wildman–Crippen MR) is 280 cm³/mol. The SMILES string of the molecule is CCC1/C=C(/c2ccncc2)N/C(C2(Nc3cccc(C(=O)NCc4cc(OCCCCCOCCCOCC(=O)Nc5cccc6c5CN(C5CCC(=O)NC5=O)C6=O)ccc4F)c3)CCNCC2)=C/CC1C. The number of hydrogen-bond donors (Lipinski definition) is 6. The number of carbonyl (C=O) groups is 5. The van der Waals surface area contributed by atoms with Crippen molar-refractivity contribution in [2.24, 2.45) is 11.8 Å². The number of amides is 5. The number of imide groups is 1. The van der Waals surface area contributed by atoms with Gasteiger partial charge in [0.05, 0.1) is 12.1 Å². The van der Waals surface area contributed by atoms with Crippen LogP contribution in [0.3, 0.4) is 0 Å². The summed E-state index contributed by atoms with van der Waals surface area (Å²) < 4.78 is 32.3. The van der Waals surface area contributed by atoms with Crippen LogP contribution in [0.5, 0.6) is 5.75 Å². The lowest BCUT2D eigenvalue weighted by atomic mass is 9.80. The maximum absolute atomic E-state index is 15.0. The highest BCUT2D eigenvalue weighted by molar-refractivity contribution is 6.07. The number of pyridine rings is 1. The molecule has 8 rings (SSSR count). The Morgan fingerprint density at radius 3 is 2.49 bits per heavy atom. The van der Waals surface area contributed by atoms with Crippen LogP contribution < -0.4 is 36.6 Å². The standard InChI is InChI=1S/C57H69FN8O8/c1-3-39-34-49(40-20-24-59-25-21-40)62-51(18-14-38(39)2)57(22-26-60-27-23-57)65-43-11-7-10-41(32-43)54(69)61-35-42-33-44(15-16-47(42)58)74-31-6-4-5-28-72-29-9-30-73-37-53(68)63-48-13-8-12-45-46(48)36-66(56(45)71)50-17-19-52(67)64-55(50)70/h7-8,10-13,15-16,18,20-21,24-25,32-34,38-39,50,60,62,65H,3-6,9,14,17,19,22-23,26-31,35-37H2,1-2H3,(H,61,69)(H,63,68)(H,64,67,70)/b49-34-,51-18+. The predicted octanol–water partition coefficient (Wildman–Crippen LogP) is 7.64. The van der Waals surface area contributed by atoms with Crippen molar-refractivity contribution in [2.75, 3.05) is 56.8 Å². The van der Waals surface area contributed by atoms with E-state index in [-0.39, 0.29) is 56.2 Å². The molecule has 0 bridgehead atoms. The summed E-state index contributed by atoms with van der Waals surface area (Å²) in [6.45, 7) is 8.02. The average Bonchev–Trinajstić information content (AvgIpc) is 3.74. The Hall–Kier alpha value is -6.95. The minimum absolute atomic E-state index is 0.00429. The Morgan fingerprint density at radius 1 is 0.892 bits per heavy atom. The van der Waals surface area contributed by atoms with Crippen LogP contribution in [0.25, 0.3) is 5.70 Å². The molecular weight excluding hydrogens is 944 g/mol. The minimum Gasteiger partial charge on any atom is -0.494 e. The van der Waals surface area contributed by atoms with Crippen molar-refractivity contribution in [1.82, 2.24) is 31.2 Å². The van der Waals surface area contributed by atoms with Gasteiger partial charge in [-0.3, -0.25) is 34.3 Å². The number of allylic oxidation sites excluding steroid dienone is 2. The number of ether oxygens (including phenoxy) is 3. The van der Waals surface area contributed by atoms with E-state index in [1.807, 2.05) is 42.7 Å². The molecule has 16 nitrogen and oxygen atoms in total. The van der Waals surface area contributed by atoms with E-state index < -0.39 is 23.3 Å². The van der Waals surface area contributed by atoms with Gasteiger partial charge in [0.1, 0.15) is 24.2 Å². The van der Waals surface area contributed by atoms with Crippen molar-refractivity contribution in [3.05, 3.63) is 137 Å². The molecule has 5 amide bonds. The highest BCUT2D eigenvalue weighted by Gasteiger charge is 2.40. The molecule has 0 spiro atoms. The van der Waals surface area contributed by atoms with E-state index in [0.717, 1.165) is 80.7 Å². The third kappa shape index (κ3) is 13.8. The molecular formula is C57H69FN8O8. The van der Waals surface area contributed by atoms with Gasteiger partial charge in [-0.05, 0) is 143 Å². The van der Waals surface area contributed by atoms with E-state index in [1.54, 1.807) is 36.4 Å². The van der Waals surface area contributed by atoms with E-state index in [1.165, 1.54) is 11.0 Å². The third-order valence-electron chi connectivity index (χ3n) is 14.3. The molecule has 0 saturated carbocycles. The Bertz CT molecular complexity index is 2690. The molecule has 74 heavy (non-hydrogen) atoms. The summed E-state index contributed by atoms with van der Waals surface area (Å²) in [6, 6.07) is 20.5. The van der Waals surface area contributed by atoms with Crippen LogP contribution in [0.2, 0.25) is 0 Å². The number of carbonyl (C=O) groups excluding carboxylic acids is 5. The Morgan fingerprint density at radius 2 is 1.68 bits per heavy atom. The molecule has 3 unspecified atom stereocenters. The number of piperidine rings is 2. The van der Waals surface area contributed by atoms with Crippen LogP contribution in [-0.4, -0.2) is 97.1 Å². The minimum atomic E-state index is -0.740. The second kappa shape index (κ2) is 25.8. The Labute approximate surface area is 432 Å². The number of benzene rings is 3. The first-order chi connectivity index (χ1) is 36.0. The van der Waals surface area contributed by atoms with Crippen LogP contribution >= 0.6 is 0 Å². The smallest absolute Gasteiger partial charge is 0.255 e. The van der Waals surface area contributed by atoms with Gasteiger partial charge in [0, 0.05) is 102 Å². The maximum atomic E-state index is 15.0. The van der Waals surface area contributed by atoms with E-state index >= 15 is 4.39 Å². The molecule has 2 fully saturated rings. The van der Waals surface area contributed by atoms with Gasteiger partial charge in [-0.15, -0.1) is 0 Å². The summed E-state index contributed by atoms with van der Waals surface area (Å²) >= 11 is 0. The van der Waals surface area contributed by atoms with Gasteiger partial charge in [-0.25, -0.2) is 4.39 Å². The second-order valence-corrected chi connectivity index (χ2v) is 19.5. The fourth-order valence-corrected chi connectivity index (χ4v) is 10.1. The van der Waals surface area contributed by atoms with Gasteiger partial charge in [0.2, 0.25) is 17.7 Å². The summed E-state index contributed by atoms with van der Waals surface area (Å²) in [5.41, 5.74) is 6.04. The van der Waals surface area contributed by atoms with Crippen molar-refractivity contribution < 1.29 is 42.6 Å². The van der Waals surface area contributed by atoms with Crippen molar-refractivity contribution in [1.29, 1.82) is 0 Å². The molecule has 0 radical (unpaired) electrons. The molecule has 4 aromatic rings. The number of nitrogens with one attached hydrogen (secondary N) is 6. The quantitative estimate of drug-likeness (QED) is 0.0314. The molecule has 3 aromatic carbocycles. The number of anilines is 2. The first-order valence-electron chi connectivity index (χ1n) is 26.1. The van der Waals surface area contributed by atoms with E-state index in [0.29, 0.717) is 78.4 Å². The zero-order valence-corrected chi connectivity index (χ0v) is 42.4. The largest absolute Gasteiger partial charge is 0.494 e. The van der Waals surface area contributed by atoms with Crippen LogP contribution in [0.4, 0.5) is 15.8 Å². The highest BCUT2D eigenvalue weighted by atomic mass is 19.1. The number of nitrogens with zero attached hydrogens (tertiary/aromatic N) is 2. The lowest BCUT2D eigenvalue weighted by molar-refractivity contribution is -0.137. The average molecular weight is 1010 g/mol. The summed E-state index contributed by atoms with van der Waals surface area (Å²) in [7, 11) is 0. The van der Waals surface area contributed by atoms with Gasteiger partial charge in [-0.2, -0.15) is 0 Å². The molecule has 392 valence electrons. The lowest BCUT2D eigenvalue weighted by Gasteiger charge is -2.43. The van der Waals surface area contributed by atoms with Gasteiger partial charge < -0.3 is 45.7 Å². The summed E-state index contributed by atoms with van der Waals surface area (Å²) in [5, 5.41) is 19.3. The molecule has 5 heterocycles. The van der Waals surface area contributed by atoms with Crippen LogP contribution in [0.1, 0.15) is 115 Å². The second-order valence-electron chi connectivity index (χ2n) is 19.5. The van der Waals surface area contributed by atoms with E-state index in [4.69, 9.17) is 14.2 Å². The maximum Gasteiger partial charge on any atom is 0.255 e. The number of rotatable bonds is 23. The van der Waals surface area contributed by atoms with Crippen molar-refractivity contribution in [3.63, 3.8) is 0 Å². The molecule has 17 heteroatoms. The van der Waals surface area contributed by atoms with Crippen LogP contribution in [-0.2, 0) is 36.9 Å². The molecule has 4 aliphatic heterocycles. The third-order valence-corrected chi connectivity index (χ3v) is 14.3. The normalized spacial score (nSPS) is 20.9. The number of unbranched alkanes of at least 4 members (excludes halogenated alkanes) is 2. The van der Waals surface area contributed by atoms with Gasteiger partial charge >= 0.3 is 0 Å². The fraction of sp³-hybridized carbons (Fsp3) is 0.439. The fourth-order valence-electron chi connectivity index (χ4n) is 10.1. The number of halogens is 1. The van der Waals surface area contributed by atoms with E-state index in [2.05, 4.69) is 62.9 Å². The van der Waals surface area contributed by atoms with Crippen molar-refractivity contribution >= 4 is 46.6 Å². The van der Waals surface area contributed by atoms with Gasteiger partial charge in [-0.1, -0.05) is 38.1 Å². The summed E-state index contributed by atoms with van der Waals surface area (Å²) in [6.07, 6.45) is 15.6. The number of aromatic nitrogens is 1. The van der Waals surface area contributed by atoms with E-state index in [9.17, 15) is 24.0 Å². The zero-order chi connectivity index (χ0) is 51.9. The van der Waals surface area contributed by atoms with Gasteiger partial charge in [0.15, 0.2) is 0 Å². The summed E-state index contributed by atoms with van der Waals surface area (Å²) in [5.74, 6) is -0.839. The Kier molecular flexibility index (Phi) is 18.6. The van der Waals surface area contributed by atoms with Crippen molar-refractivity contribution in [3.8, 4) is 5.75 Å². The zero-order valence-electron chi connectivity index (χ0n) is 42.4. The molecule has 6 N–H and O–H groups in total. The lowest BCUT2D eigenvalue weighted by Crippen LogP contribution is -2.52. The molecule has 2 saturated heterocycles. The molecule has 4 aliphatic rings. The van der Waals surface area contributed by atoms with Crippen LogP contribution in [0.15, 0.2) is 103 Å². The first kappa shape index (κ1) is 53.3.